The van der Waals surface area contributed by atoms with Gasteiger partial charge in [-0.3, -0.25) is 4.79 Å². The molecule has 1 aliphatic rings. The molecule has 32 heavy (non-hydrogen) atoms. The molecular weight excluding hydrogens is 418 g/mol. The van der Waals surface area contributed by atoms with Gasteiger partial charge in [0, 0.05) is 7.11 Å². The monoisotopic (exact) mass is 441 g/mol. The van der Waals surface area contributed by atoms with Crippen LogP contribution < -0.4 is 5.32 Å². The zero-order valence-corrected chi connectivity index (χ0v) is 18.8. The highest BCUT2D eigenvalue weighted by atomic mass is 32.1. The van der Waals surface area contributed by atoms with E-state index in [1.54, 1.807) is 7.11 Å². The molecule has 0 bridgehead atoms. The van der Waals surface area contributed by atoms with Crippen molar-refractivity contribution in [3.8, 4) is 17.2 Å². The second kappa shape index (κ2) is 9.73. The molecule has 3 aromatic rings. The number of nitrogens with one attached hydrogen (secondary N) is 1. The van der Waals surface area contributed by atoms with E-state index in [9.17, 15) is 10.1 Å². The molecule has 1 unspecified atom stereocenters. The van der Waals surface area contributed by atoms with Crippen molar-refractivity contribution in [2.75, 3.05) is 13.7 Å². The molecule has 1 aliphatic heterocycles. The van der Waals surface area contributed by atoms with E-state index in [1.807, 2.05) is 73.0 Å². The van der Waals surface area contributed by atoms with E-state index in [1.165, 1.54) is 11.3 Å². The summed E-state index contributed by atoms with van der Waals surface area (Å²) in [4.78, 5) is 18.6. The fourth-order valence-corrected chi connectivity index (χ4v) is 4.57. The van der Waals surface area contributed by atoms with Crippen LogP contribution in [0.4, 0.5) is 0 Å². The molecule has 1 atom stereocenters. The van der Waals surface area contributed by atoms with Gasteiger partial charge in [0.15, 0.2) is 5.78 Å². The standard InChI is InChI=1S/C26H23N3O2S/c1-17-28-23(16-31-2)22(25(29-17)26(30)24-8-5-13-32-24)14-18-9-11-19(12-10-18)21-7-4-3-6-20(21)15-27/h3-13,25H,14,16H2,1-2H3,(H,28,29). The van der Waals surface area contributed by atoms with E-state index >= 15 is 0 Å². The molecule has 2 heterocycles. The predicted molar refractivity (Wildman–Crippen MR) is 128 cm³/mol. The molecule has 0 radical (unpaired) electrons. The second-order valence-electron chi connectivity index (χ2n) is 7.55. The number of amidine groups is 1. The van der Waals surface area contributed by atoms with E-state index in [4.69, 9.17) is 4.74 Å². The zero-order valence-electron chi connectivity index (χ0n) is 18.0. The second-order valence-corrected chi connectivity index (χ2v) is 8.50. The van der Waals surface area contributed by atoms with Crippen LogP contribution in [0.1, 0.15) is 27.7 Å². The number of nitriles is 1. The fraction of sp³-hybridized carbons (Fsp3) is 0.192. The summed E-state index contributed by atoms with van der Waals surface area (Å²) in [5.41, 5.74) is 5.31. The molecule has 160 valence electrons. The first-order chi connectivity index (χ1) is 15.6. The predicted octanol–water partition coefficient (Wildman–Crippen LogP) is 5.00. The van der Waals surface area contributed by atoms with Crippen LogP contribution in [0, 0.1) is 11.3 Å². The number of carbonyl (C=O) groups excluding carboxylic acids is 1. The van der Waals surface area contributed by atoms with Crippen molar-refractivity contribution in [1.29, 1.82) is 5.26 Å². The Morgan fingerprint density at radius 2 is 1.94 bits per heavy atom. The van der Waals surface area contributed by atoms with Crippen molar-refractivity contribution < 1.29 is 9.53 Å². The third-order valence-corrected chi connectivity index (χ3v) is 6.27. The van der Waals surface area contributed by atoms with Gasteiger partial charge in [-0.05, 0) is 53.1 Å². The van der Waals surface area contributed by atoms with Crippen molar-refractivity contribution in [1.82, 2.24) is 5.32 Å². The maximum atomic E-state index is 13.3. The summed E-state index contributed by atoms with van der Waals surface area (Å²) in [6.07, 6.45) is 0.574. The van der Waals surface area contributed by atoms with E-state index in [0.29, 0.717) is 24.4 Å². The number of hydrogen-bond donors (Lipinski definition) is 1. The van der Waals surface area contributed by atoms with E-state index in [0.717, 1.165) is 32.8 Å². The first kappa shape index (κ1) is 21.7. The van der Waals surface area contributed by atoms with Gasteiger partial charge in [0.2, 0.25) is 0 Å². The Morgan fingerprint density at radius 3 is 2.62 bits per heavy atom. The number of Topliss-reactive ketones (excluding diaryl/α,β-unsaturated/α-hetero) is 1. The molecule has 0 amide bonds. The van der Waals surface area contributed by atoms with Gasteiger partial charge in [0.1, 0.15) is 6.04 Å². The molecule has 0 spiro atoms. The van der Waals surface area contributed by atoms with Gasteiger partial charge in [-0.25, -0.2) is 4.99 Å². The lowest BCUT2D eigenvalue weighted by Crippen LogP contribution is -2.44. The Morgan fingerprint density at radius 1 is 1.16 bits per heavy atom. The van der Waals surface area contributed by atoms with Crippen molar-refractivity contribution >= 4 is 23.0 Å². The number of methoxy groups -OCH3 is 1. The van der Waals surface area contributed by atoms with Crippen LogP contribution in [0.5, 0.6) is 0 Å². The molecular formula is C26H23N3O2S. The molecule has 1 N–H and O–H groups in total. The molecule has 0 fully saturated rings. The van der Waals surface area contributed by atoms with Gasteiger partial charge >= 0.3 is 0 Å². The highest BCUT2D eigenvalue weighted by molar-refractivity contribution is 7.12. The maximum absolute atomic E-state index is 13.3. The van der Waals surface area contributed by atoms with Crippen LogP contribution in [0.2, 0.25) is 0 Å². The van der Waals surface area contributed by atoms with Crippen molar-refractivity contribution in [2.45, 2.75) is 19.4 Å². The van der Waals surface area contributed by atoms with E-state index < -0.39 is 6.04 Å². The summed E-state index contributed by atoms with van der Waals surface area (Å²) in [7, 11) is 1.63. The Kier molecular flexibility index (Phi) is 6.60. The average molecular weight is 442 g/mol. The quantitative estimate of drug-likeness (QED) is 0.524. The van der Waals surface area contributed by atoms with Crippen LogP contribution in [0.3, 0.4) is 0 Å². The molecule has 6 heteroatoms. The average Bonchev–Trinajstić information content (AvgIpc) is 3.36. The third kappa shape index (κ3) is 4.54. The van der Waals surface area contributed by atoms with Gasteiger partial charge in [0.25, 0.3) is 0 Å². The van der Waals surface area contributed by atoms with Crippen molar-refractivity contribution in [3.05, 3.63) is 93.3 Å². The van der Waals surface area contributed by atoms with Crippen LogP contribution in [-0.4, -0.2) is 31.4 Å². The first-order valence-corrected chi connectivity index (χ1v) is 11.2. The number of carbonyl (C=O) groups is 1. The molecule has 1 aromatic heterocycles. The van der Waals surface area contributed by atoms with Crippen LogP contribution >= 0.6 is 11.3 Å². The molecule has 4 rings (SSSR count). The summed E-state index contributed by atoms with van der Waals surface area (Å²) >= 11 is 1.44. The van der Waals surface area contributed by atoms with E-state index in [2.05, 4.69) is 16.4 Å². The summed E-state index contributed by atoms with van der Waals surface area (Å²) in [5, 5.41) is 14.6. The van der Waals surface area contributed by atoms with Crippen LogP contribution in [0.25, 0.3) is 11.1 Å². The number of rotatable bonds is 7. The number of nitrogens with zero attached hydrogens (tertiary/aromatic N) is 2. The normalized spacial score (nSPS) is 15.7. The van der Waals surface area contributed by atoms with Gasteiger partial charge in [-0.15, -0.1) is 11.3 Å². The Balaban J connectivity index is 1.66. The summed E-state index contributed by atoms with van der Waals surface area (Å²) in [6, 6.07) is 21.2. The van der Waals surface area contributed by atoms with Crippen LogP contribution in [0.15, 0.2) is 82.3 Å². The molecule has 0 saturated carbocycles. The van der Waals surface area contributed by atoms with Crippen molar-refractivity contribution in [2.24, 2.45) is 4.99 Å². The van der Waals surface area contributed by atoms with Crippen molar-refractivity contribution in [3.63, 3.8) is 0 Å². The molecule has 0 aliphatic carbocycles. The summed E-state index contributed by atoms with van der Waals surface area (Å²) < 4.78 is 5.39. The third-order valence-electron chi connectivity index (χ3n) is 5.39. The number of hydrogen-bond acceptors (Lipinski definition) is 6. The minimum Gasteiger partial charge on any atom is -0.378 e. The van der Waals surface area contributed by atoms with Gasteiger partial charge < -0.3 is 10.1 Å². The largest absolute Gasteiger partial charge is 0.378 e. The van der Waals surface area contributed by atoms with Gasteiger partial charge in [-0.1, -0.05) is 48.5 Å². The first-order valence-electron chi connectivity index (χ1n) is 10.3. The minimum absolute atomic E-state index is 0.0393. The fourth-order valence-electron chi connectivity index (χ4n) is 3.87. The summed E-state index contributed by atoms with van der Waals surface area (Å²) in [5.74, 6) is 0.747. The lowest BCUT2D eigenvalue weighted by atomic mass is 9.91. The highest BCUT2D eigenvalue weighted by Crippen LogP contribution is 2.27. The number of thiophene rings is 1. The number of ketones is 1. The SMILES string of the molecule is COCC1=C(Cc2ccc(-c3ccccc3C#N)cc2)C(C(=O)c2cccs2)NC(C)=N1. The Bertz CT molecular complexity index is 1220. The number of ether oxygens (including phenoxy) is 1. The van der Waals surface area contributed by atoms with Gasteiger partial charge in [-0.2, -0.15) is 5.26 Å². The Hall–Kier alpha value is -3.53. The minimum atomic E-state index is -0.477. The smallest absolute Gasteiger partial charge is 0.199 e. The number of benzene rings is 2. The molecule has 2 aromatic carbocycles. The highest BCUT2D eigenvalue weighted by Gasteiger charge is 2.30. The summed E-state index contributed by atoms with van der Waals surface area (Å²) in [6.45, 7) is 2.21. The topological polar surface area (TPSA) is 74.5 Å². The molecule has 5 nitrogen and oxygen atoms in total. The lowest BCUT2D eigenvalue weighted by molar-refractivity contribution is 0.0967. The number of aliphatic imine (C=N–C) groups is 1. The van der Waals surface area contributed by atoms with Gasteiger partial charge in [0.05, 0.1) is 34.6 Å². The lowest BCUT2D eigenvalue weighted by Gasteiger charge is -2.27. The Labute approximate surface area is 191 Å². The molecule has 0 saturated heterocycles. The van der Waals surface area contributed by atoms with E-state index in [-0.39, 0.29) is 5.78 Å². The maximum Gasteiger partial charge on any atom is 0.199 e. The van der Waals surface area contributed by atoms with Crippen LogP contribution in [-0.2, 0) is 11.2 Å². The zero-order chi connectivity index (χ0) is 22.5.